The number of carbonyl (C=O) groups excluding carboxylic acids is 2. The Balaban J connectivity index is 1.87. The molecule has 0 saturated heterocycles. The Morgan fingerprint density at radius 1 is 0.769 bits per heavy atom. The Labute approximate surface area is 155 Å². The quantitative estimate of drug-likeness (QED) is 0.325. The van der Waals surface area contributed by atoms with Crippen LogP contribution in [0, 0.1) is 0 Å². The van der Waals surface area contributed by atoms with E-state index in [-0.39, 0.29) is 5.56 Å². The first-order chi connectivity index (χ1) is 12.7. The monoisotopic (exact) mass is 354 g/mol. The molecule has 0 amide bonds. The summed E-state index contributed by atoms with van der Waals surface area (Å²) < 4.78 is 10.7. The lowest BCUT2D eigenvalue weighted by Gasteiger charge is -2.10. The third kappa shape index (κ3) is 6.36. The molecule has 0 N–H and O–H groups in total. The van der Waals surface area contributed by atoms with E-state index in [1.54, 1.807) is 54.6 Å². The predicted octanol–water partition coefficient (Wildman–Crippen LogP) is 5.42. The lowest BCUT2D eigenvalue weighted by atomic mass is 10.1. The van der Waals surface area contributed by atoms with Crippen LogP contribution in [0.15, 0.2) is 54.6 Å². The number of carbonyl (C=O) groups is 2. The topological polar surface area (TPSA) is 52.6 Å². The van der Waals surface area contributed by atoms with Gasteiger partial charge in [-0.05, 0) is 30.7 Å². The summed E-state index contributed by atoms with van der Waals surface area (Å²) in [4.78, 5) is 24.4. The van der Waals surface area contributed by atoms with E-state index in [4.69, 9.17) is 9.47 Å². The van der Waals surface area contributed by atoms with Crippen LogP contribution in [0.2, 0.25) is 0 Å². The van der Waals surface area contributed by atoms with Crippen LogP contribution in [-0.4, -0.2) is 18.5 Å². The summed E-state index contributed by atoms with van der Waals surface area (Å²) in [5, 5.41) is 0. The second-order valence-electron chi connectivity index (χ2n) is 6.16. The summed E-state index contributed by atoms with van der Waals surface area (Å²) in [7, 11) is 0. The minimum absolute atomic E-state index is 0.266. The van der Waals surface area contributed by atoms with Gasteiger partial charge >= 0.3 is 11.9 Å². The predicted molar refractivity (Wildman–Crippen MR) is 102 cm³/mol. The van der Waals surface area contributed by atoms with E-state index in [2.05, 4.69) is 6.92 Å². The molecule has 0 aromatic heterocycles. The number of ether oxygens (including phenoxy) is 2. The second-order valence-corrected chi connectivity index (χ2v) is 6.16. The van der Waals surface area contributed by atoms with E-state index in [1.807, 2.05) is 0 Å². The zero-order valence-electron chi connectivity index (χ0n) is 15.3. The molecule has 0 atom stereocenters. The van der Waals surface area contributed by atoms with Crippen LogP contribution in [0.4, 0.5) is 0 Å². The molecule has 2 aromatic carbocycles. The van der Waals surface area contributed by atoms with Gasteiger partial charge in [-0.1, -0.05) is 69.4 Å². The van der Waals surface area contributed by atoms with Crippen LogP contribution in [0.3, 0.4) is 0 Å². The van der Waals surface area contributed by atoms with Crippen molar-refractivity contribution in [1.29, 1.82) is 0 Å². The van der Waals surface area contributed by atoms with Gasteiger partial charge in [0.05, 0.1) is 12.2 Å². The lowest BCUT2D eigenvalue weighted by Crippen LogP contribution is -2.14. The molecule has 0 radical (unpaired) electrons. The molecule has 2 rings (SSSR count). The summed E-state index contributed by atoms with van der Waals surface area (Å²) in [6, 6.07) is 15.3. The standard InChI is InChI=1S/C22H26O4/c1-2-3-4-5-6-12-17-25-20-16-11-10-15-19(20)22(24)26-21(23)18-13-8-7-9-14-18/h7-11,13-16H,2-6,12,17H2,1H3. The SMILES string of the molecule is CCCCCCCCOc1ccccc1C(=O)OC(=O)c1ccccc1. The summed E-state index contributed by atoms with van der Waals surface area (Å²) in [6.07, 6.45) is 7.00. The molecule has 0 unspecified atom stereocenters. The van der Waals surface area contributed by atoms with Gasteiger partial charge in [-0.2, -0.15) is 0 Å². The number of para-hydroxylation sites is 1. The summed E-state index contributed by atoms with van der Waals surface area (Å²) in [5.41, 5.74) is 0.606. The highest BCUT2D eigenvalue weighted by atomic mass is 16.6. The molecule has 0 fully saturated rings. The Morgan fingerprint density at radius 3 is 2.19 bits per heavy atom. The maximum atomic E-state index is 12.3. The minimum atomic E-state index is -0.697. The van der Waals surface area contributed by atoms with Gasteiger partial charge in [0.25, 0.3) is 0 Å². The molecule has 2 aromatic rings. The molecule has 0 aliphatic rings. The van der Waals surface area contributed by atoms with Gasteiger partial charge in [-0.3, -0.25) is 0 Å². The van der Waals surface area contributed by atoms with Crippen molar-refractivity contribution in [2.24, 2.45) is 0 Å². The van der Waals surface area contributed by atoms with E-state index in [0.717, 1.165) is 12.8 Å². The van der Waals surface area contributed by atoms with Gasteiger partial charge < -0.3 is 9.47 Å². The highest BCUT2D eigenvalue weighted by Gasteiger charge is 2.18. The van der Waals surface area contributed by atoms with Crippen LogP contribution in [-0.2, 0) is 4.74 Å². The molecule has 0 saturated carbocycles. The Morgan fingerprint density at radius 2 is 1.42 bits per heavy atom. The summed E-state index contributed by atoms with van der Waals surface area (Å²) in [6.45, 7) is 2.74. The third-order valence-corrected chi connectivity index (χ3v) is 4.06. The van der Waals surface area contributed by atoms with Gasteiger partial charge in [0, 0.05) is 0 Å². The van der Waals surface area contributed by atoms with Crippen LogP contribution < -0.4 is 4.74 Å². The van der Waals surface area contributed by atoms with Crippen molar-refractivity contribution in [3.05, 3.63) is 65.7 Å². The van der Waals surface area contributed by atoms with Crippen molar-refractivity contribution in [3.63, 3.8) is 0 Å². The first kappa shape index (κ1) is 19.7. The number of rotatable bonds is 10. The van der Waals surface area contributed by atoms with E-state index < -0.39 is 11.9 Å². The average Bonchev–Trinajstić information content (AvgIpc) is 2.68. The lowest BCUT2D eigenvalue weighted by molar-refractivity contribution is 0.0395. The molecule has 0 aliphatic carbocycles. The molecule has 0 heterocycles. The molecule has 26 heavy (non-hydrogen) atoms. The van der Waals surface area contributed by atoms with Crippen molar-refractivity contribution in [2.75, 3.05) is 6.61 Å². The Kier molecular flexibility index (Phi) is 8.40. The maximum absolute atomic E-state index is 12.3. The second kappa shape index (κ2) is 11.1. The smallest absolute Gasteiger partial charge is 0.349 e. The molecular formula is C22H26O4. The van der Waals surface area contributed by atoms with Crippen LogP contribution in [0.5, 0.6) is 5.75 Å². The van der Waals surface area contributed by atoms with Gasteiger partial charge in [-0.25, -0.2) is 9.59 Å². The van der Waals surface area contributed by atoms with E-state index in [1.165, 1.54) is 25.7 Å². The molecule has 0 bridgehead atoms. The highest BCUT2D eigenvalue weighted by Crippen LogP contribution is 2.20. The number of hydrogen-bond donors (Lipinski definition) is 0. The van der Waals surface area contributed by atoms with Crippen molar-refractivity contribution >= 4 is 11.9 Å². The number of hydrogen-bond acceptors (Lipinski definition) is 4. The maximum Gasteiger partial charge on any atom is 0.349 e. The van der Waals surface area contributed by atoms with Crippen molar-refractivity contribution in [2.45, 2.75) is 45.4 Å². The number of unbranched alkanes of at least 4 members (excludes halogenated alkanes) is 5. The fraction of sp³-hybridized carbons (Fsp3) is 0.364. The number of esters is 2. The summed E-state index contributed by atoms with van der Waals surface area (Å²) >= 11 is 0. The van der Waals surface area contributed by atoms with E-state index in [9.17, 15) is 9.59 Å². The normalized spacial score (nSPS) is 10.3. The zero-order valence-corrected chi connectivity index (χ0v) is 15.3. The first-order valence-electron chi connectivity index (χ1n) is 9.25. The largest absolute Gasteiger partial charge is 0.493 e. The van der Waals surface area contributed by atoms with Crippen LogP contribution in [0.25, 0.3) is 0 Å². The van der Waals surface area contributed by atoms with E-state index >= 15 is 0 Å². The van der Waals surface area contributed by atoms with Gasteiger partial charge in [0.1, 0.15) is 11.3 Å². The van der Waals surface area contributed by atoms with Gasteiger partial charge in [0.2, 0.25) is 0 Å². The van der Waals surface area contributed by atoms with Gasteiger partial charge in [0.15, 0.2) is 0 Å². The van der Waals surface area contributed by atoms with Crippen molar-refractivity contribution in [3.8, 4) is 5.75 Å². The minimum Gasteiger partial charge on any atom is -0.493 e. The third-order valence-electron chi connectivity index (χ3n) is 4.06. The van der Waals surface area contributed by atoms with Crippen molar-refractivity contribution < 1.29 is 19.1 Å². The fourth-order valence-electron chi connectivity index (χ4n) is 2.60. The van der Waals surface area contributed by atoms with Crippen molar-refractivity contribution in [1.82, 2.24) is 0 Å². The molecule has 4 nitrogen and oxygen atoms in total. The Hall–Kier alpha value is -2.62. The molecular weight excluding hydrogens is 328 g/mol. The molecule has 0 spiro atoms. The van der Waals surface area contributed by atoms with Crippen LogP contribution in [0.1, 0.15) is 66.2 Å². The highest BCUT2D eigenvalue weighted by molar-refractivity contribution is 6.03. The molecule has 138 valence electrons. The molecule has 4 heteroatoms. The Bertz CT molecular complexity index is 694. The first-order valence-corrected chi connectivity index (χ1v) is 9.25. The zero-order chi connectivity index (χ0) is 18.6. The molecule has 0 aliphatic heterocycles. The summed E-state index contributed by atoms with van der Waals surface area (Å²) in [5.74, 6) is -0.911. The van der Waals surface area contributed by atoms with E-state index in [0.29, 0.717) is 17.9 Å². The van der Waals surface area contributed by atoms with Crippen LogP contribution >= 0.6 is 0 Å². The number of benzene rings is 2. The average molecular weight is 354 g/mol. The van der Waals surface area contributed by atoms with Gasteiger partial charge in [-0.15, -0.1) is 0 Å². The fourth-order valence-corrected chi connectivity index (χ4v) is 2.60.